The van der Waals surface area contributed by atoms with Crippen molar-refractivity contribution in [3.05, 3.63) is 101 Å². The molecule has 0 aliphatic heterocycles. The normalized spacial score (nSPS) is 11.5. The summed E-state index contributed by atoms with van der Waals surface area (Å²) < 4.78 is 8.88. The SMILES string of the molecule is COc1cccc(-n2c(=O)c3ccccc3n3c(SC/C=C/c4ccccc4)nnc23)c1. The second-order valence-electron chi connectivity index (χ2n) is 7.10. The Hall–Kier alpha value is -3.84. The maximum absolute atomic E-state index is 13.4. The second kappa shape index (κ2) is 8.72. The van der Waals surface area contributed by atoms with Gasteiger partial charge in [0, 0.05) is 11.8 Å². The third kappa shape index (κ3) is 3.67. The fourth-order valence-corrected chi connectivity index (χ4v) is 4.37. The summed E-state index contributed by atoms with van der Waals surface area (Å²) in [6, 6.07) is 25.1. The largest absolute Gasteiger partial charge is 0.497 e. The van der Waals surface area contributed by atoms with Crippen LogP contribution < -0.4 is 10.3 Å². The van der Waals surface area contributed by atoms with Crippen molar-refractivity contribution < 1.29 is 4.74 Å². The van der Waals surface area contributed by atoms with Gasteiger partial charge in [0.1, 0.15) is 5.75 Å². The highest BCUT2D eigenvalue weighted by Gasteiger charge is 2.17. The molecule has 5 aromatic rings. The van der Waals surface area contributed by atoms with E-state index < -0.39 is 0 Å². The molecule has 0 bridgehead atoms. The molecule has 0 aliphatic rings. The number of rotatable bonds is 6. The molecule has 0 atom stereocenters. The van der Waals surface area contributed by atoms with Gasteiger partial charge in [-0.15, -0.1) is 10.2 Å². The third-order valence-electron chi connectivity index (χ3n) is 5.12. The predicted octanol–water partition coefficient (Wildman–Crippen LogP) is 4.85. The molecular weight excluding hydrogens is 420 g/mol. The van der Waals surface area contributed by atoms with Gasteiger partial charge in [-0.05, 0) is 29.8 Å². The first-order chi connectivity index (χ1) is 15.8. The summed E-state index contributed by atoms with van der Waals surface area (Å²) in [6.07, 6.45) is 4.18. The smallest absolute Gasteiger partial charge is 0.267 e. The summed E-state index contributed by atoms with van der Waals surface area (Å²) in [4.78, 5) is 13.4. The maximum atomic E-state index is 13.4. The van der Waals surface area contributed by atoms with Crippen LogP contribution in [0.3, 0.4) is 0 Å². The maximum Gasteiger partial charge on any atom is 0.267 e. The summed E-state index contributed by atoms with van der Waals surface area (Å²) in [5.41, 5.74) is 2.47. The number of hydrogen-bond acceptors (Lipinski definition) is 5. The van der Waals surface area contributed by atoms with Crippen molar-refractivity contribution in [3.8, 4) is 11.4 Å². The van der Waals surface area contributed by atoms with Gasteiger partial charge in [0.25, 0.3) is 5.56 Å². The molecule has 0 aliphatic carbocycles. The highest BCUT2D eigenvalue weighted by Crippen LogP contribution is 2.24. The zero-order valence-electron chi connectivity index (χ0n) is 17.4. The van der Waals surface area contributed by atoms with Gasteiger partial charge in [-0.3, -0.25) is 9.20 Å². The zero-order valence-corrected chi connectivity index (χ0v) is 18.2. The predicted molar refractivity (Wildman–Crippen MR) is 129 cm³/mol. The van der Waals surface area contributed by atoms with Gasteiger partial charge in [-0.1, -0.05) is 72.4 Å². The van der Waals surface area contributed by atoms with E-state index in [1.54, 1.807) is 23.4 Å². The number of thioether (sulfide) groups is 1. The lowest BCUT2D eigenvalue weighted by molar-refractivity contribution is 0.414. The Morgan fingerprint density at radius 3 is 2.62 bits per heavy atom. The molecule has 2 heterocycles. The second-order valence-corrected chi connectivity index (χ2v) is 8.09. The molecule has 0 saturated heterocycles. The van der Waals surface area contributed by atoms with Crippen molar-refractivity contribution in [1.29, 1.82) is 0 Å². The first-order valence-electron chi connectivity index (χ1n) is 10.1. The quantitative estimate of drug-likeness (QED) is 0.353. The first kappa shape index (κ1) is 20.1. The van der Waals surface area contributed by atoms with E-state index in [0.717, 1.165) is 22.0 Å². The Bertz CT molecular complexity index is 1490. The Labute approximate surface area is 188 Å². The Balaban J connectivity index is 1.61. The molecule has 158 valence electrons. The minimum Gasteiger partial charge on any atom is -0.497 e. The minimum atomic E-state index is -0.144. The number of benzene rings is 3. The third-order valence-corrected chi connectivity index (χ3v) is 6.01. The molecule has 2 aromatic heterocycles. The monoisotopic (exact) mass is 440 g/mol. The number of methoxy groups -OCH3 is 1. The lowest BCUT2D eigenvalue weighted by atomic mass is 10.2. The highest BCUT2D eigenvalue weighted by molar-refractivity contribution is 7.99. The Kier molecular flexibility index (Phi) is 5.47. The molecule has 32 heavy (non-hydrogen) atoms. The number of fused-ring (bicyclic) bond motifs is 3. The van der Waals surface area contributed by atoms with Gasteiger partial charge in [0.2, 0.25) is 5.78 Å². The zero-order chi connectivity index (χ0) is 21.9. The number of ether oxygens (including phenoxy) is 1. The van der Waals surface area contributed by atoms with Crippen LogP contribution in [0, 0.1) is 0 Å². The van der Waals surface area contributed by atoms with Gasteiger partial charge in [0.05, 0.1) is 23.7 Å². The molecule has 0 radical (unpaired) electrons. The summed E-state index contributed by atoms with van der Waals surface area (Å²) in [5, 5.41) is 10.1. The van der Waals surface area contributed by atoms with Gasteiger partial charge < -0.3 is 4.74 Å². The van der Waals surface area contributed by atoms with Crippen molar-refractivity contribution in [2.45, 2.75) is 5.16 Å². The molecule has 0 saturated carbocycles. The molecule has 0 unspecified atom stereocenters. The van der Waals surface area contributed by atoms with E-state index >= 15 is 0 Å². The van der Waals surface area contributed by atoms with Crippen LogP contribution in [-0.2, 0) is 0 Å². The van der Waals surface area contributed by atoms with Crippen molar-refractivity contribution >= 4 is 34.5 Å². The number of para-hydroxylation sites is 1. The van der Waals surface area contributed by atoms with Crippen LogP contribution in [0.1, 0.15) is 5.56 Å². The highest BCUT2D eigenvalue weighted by atomic mass is 32.2. The van der Waals surface area contributed by atoms with E-state index in [1.807, 2.05) is 71.1 Å². The molecular formula is C25H20N4O2S. The van der Waals surface area contributed by atoms with E-state index in [-0.39, 0.29) is 5.56 Å². The van der Waals surface area contributed by atoms with Crippen LogP contribution in [0.2, 0.25) is 0 Å². The minimum absolute atomic E-state index is 0.144. The molecule has 0 N–H and O–H groups in total. The van der Waals surface area contributed by atoms with E-state index in [9.17, 15) is 4.79 Å². The number of hydrogen-bond donors (Lipinski definition) is 0. The standard InChI is InChI=1S/C25H20N4O2S/c1-31-20-13-7-12-19(17-20)28-23(30)21-14-5-6-15-22(21)29-24(28)26-27-25(29)32-16-8-11-18-9-3-2-4-10-18/h2-15,17H,16H2,1H3/b11-8+. The van der Waals surface area contributed by atoms with Crippen molar-refractivity contribution in [2.75, 3.05) is 12.9 Å². The van der Waals surface area contributed by atoms with E-state index in [0.29, 0.717) is 22.6 Å². The van der Waals surface area contributed by atoms with Crippen LogP contribution in [0.5, 0.6) is 5.75 Å². The van der Waals surface area contributed by atoms with Crippen LogP contribution >= 0.6 is 11.8 Å². The number of aromatic nitrogens is 4. The van der Waals surface area contributed by atoms with Crippen molar-refractivity contribution in [1.82, 2.24) is 19.2 Å². The fourth-order valence-electron chi connectivity index (χ4n) is 3.63. The van der Waals surface area contributed by atoms with E-state index in [2.05, 4.69) is 34.5 Å². The summed E-state index contributed by atoms with van der Waals surface area (Å²) in [7, 11) is 1.60. The van der Waals surface area contributed by atoms with E-state index in [1.165, 1.54) is 0 Å². The summed E-state index contributed by atoms with van der Waals surface area (Å²) in [5.74, 6) is 1.86. The van der Waals surface area contributed by atoms with Crippen molar-refractivity contribution in [2.24, 2.45) is 0 Å². The van der Waals surface area contributed by atoms with Gasteiger partial charge in [0.15, 0.2) is 5.16 Å². The average molecular weight is 441 g/mol. The lowest BCUT2D eigenvalue weighted by Gasteiger charge is -2.12. The molecule has 3 aromatic carbocycles. The van der Waals surface area contributed by atoms with E-state index in [4.69, 9.17) is 4.74 Å². The fraction of sp³-hybridized carbons (Fsp3) is 0.0800. The van der Waals surface area contributed by atoms with Gasteiger partial charge in [-0.2, -0.15) is 0 Å². The van der Waals surface area contributed by atoms with Crippen LogP contribution in [0.15, 0.2) is 94.9 Å². The van der Waals surface area contributed by atoms with Crippen molar-refractivity contribution in [3.63, 3.8) is 0 Å². The van der Waals surface area contributed by atoms with Crippen LogP contribution in [0.4, 0.5) is 0 Å². The van der Waals surface area contributed by atoms with Crippen LogP contribution in [0.25, 0.3) is 28.4 Å². The summed E-state index contributed by atoms with van der Waals surface area (Å²) in [6.45, 7) is 0. The number of nitrogens with zero attached hydrogens (tertiary/aromatic N) is 4. The molecule has 7 heteroatoms. The first-order valence-corrected chi connectivity index (χ1v) is 11.1. The average Bonchev–Trinajstić information content (AvgIpc) is 3.26. The molecule has 5 rings (SSSR count). The topological polar surface area (TPSA) is 61.4 Å². The van der Waals surface area contributed by atoms with Crippen LogP contribution in [-0.4, -0.2) is 32.0 Å². The Morgan fingerprint density at radius 2 is 1.78 bits per heavy atom. The molecule has 6 nitrogen and oxygen atoms in total. The molecule has 0 fully saturated rings. The molecule has 0 spiro atoms. The van der Waals surface area contributed by atoms with Gasteiger partial charge >= 0.3 is 0 Å². The molecule has 0 amide bonds. The Morgan fingerprint density at radius 1 is 0.969 bits per heavy atom. The lowest BCUT2D eigenvalue weighted by Crippen LogP contribution is -2.21. The summed E-state index contributed by atoms with van der Waals surface area (Å²) >= 11 is 1.57. The van der Waals surface area contributed by atoms with Gasteiger partial charge in [-0.25, -0.2) is 4.57 Å².